The Morgan fingerprint density at radius 3 is 2.42 bits per heavy atom. The molecule has 0 fully saturated rings. The predicted octanol–water partition coefficient (Wildman–Crippen LogP) is 2.54. The minimum atomic E-state index is -3.57. The number of nitrogens with one attached hydrogen (secondary N) is 1. The Kier molecular flexibility index (Phi) is 4.15. The lowest BCUT2D eigenvalue weighted by atomic mass is 10.2. The lowest BCUT2D eigenvalue weighted by molar-refractivity contribution is 0.467. The second-order valence-electron chi connectivity index (χ2n) is 3.97. The highest BCUT2D eigenvalue weighted by molar-refractivity contribution is 7.89. The number of aromatic amines is 1. The van der Waals surface area contributed by atoms with Crippen molar-refractivity contribution in [2.24, 2.45) is 0 Å². The number of sulfonamides is 1. The van der Waals surface area contributed by atoms with E-state index in [9.17, 15) is 8.42 Å². The summed E-state index contributed by atoms with van der Waals surface area (Å²) in [6.07, 6.45) is 2.59. The monoisotopic (exact) mass is 319 g/mol. The summed E-state index contributed by atoms with van der Waals surface area (Å²) in [6, 6.07) is 4.95. The molecule has 0 bridgehead atoms. The van der Waals surface area contributed by atoms with Crippen molar-refractivity contribution in [3.05, 3.63) is 46.2 Å². The Morgan fingerprint density at radius 2 is 1.89 bits per heavy atom. The number of hydrogen-bond donors (Lipinski definition) is 1. The summed E-state index contributed by atoms with van der Waals surface area (Å²) in [4.78, 5) is 0.114. The van der Waals surface area contributed by atoms with Crippen molar-refractivity contribution in [1.82, 2.24) is 14.5 Å². The molecule has 0 spiro atoms. The molecular formula is C11H11Cl2N3O2S. The molecule has 0 saturated heterocycles. The van der Waals surface area contributed by atoms with Gasteiger partial charge in [-0.25, -0.2) is 8.42 Å². The van der Waals surface area contributed by atoms with Gasteiger partial charge >= 0.3 is 0 Å². The summed E-state index contributed by atoms with van der Waals surface area (Å²) >= 11 is 11.8. The average Bonchev–Trinajstić information content (AvgIpc) is 2.80. The van der Waals surface area contributed by atoms with Gasteiger partial charge in [-0.15, -0.1) is 0 Å². The van der Waals surface area contributed by atoms with Crippen LogP contribution in [0.15, 0.2) is 35.5 Å². The van der Waals surface area contributed by atoms with E-state index in [-0.39, 0.29) is 11.4 Å². The number of H-pyrrole nitrogens is 1. The van der Waals surface area contributed by atoms with Gasteiger partial charge in [0.1, 0.15) is 4.90 Å². The molecule has 5 nitrogen and oxygen atoms in total. The van der Waals surface area contributed by atoms with Crippen molar-refractivity contribution in [1.29, 1.82) is 0 Å². The summed E-state index contributed by atoms with van der Waals surface area (Å²) in [5.74, 6) is 0. The number of hydrogen-bond acceptors (Lipinski definition) is 3. The third-order valence-corrected chi connectivity index (χ3v) is 4.71. The van der Waals surface area contributed by atoms with Gasteiger partial charge in [0.25, 0.3) is 0 Å². The first-order chi connectivity index (χ1) is 8.89. The molecule has 2 rings (SSSR count). The largest absolute Gasteiger partial charge is 0.284 e. The van der Waals surface area contributed by atoms with E-state index < -0.39 is 10.0 Å². The second-order valence-corrected chi connectivity index (χ2v) is 6.89. The molecule has 0 unspecified atom stereocenters. The minimum Gasteiger partial charge on any atom is -0.284 e. The molecule has 0 radical (unpaired) electrons. The molecule has 2 aromatic rings. The number of halogens is 2. The maximum absolute atomic E-state index is 12.2. The van der Waals surface area contributed by atoms with Crippen LogP contribution >= 0.6 is 23.2 Å². The number of nitrogens with zero attached hydrogens (tertiary/aromatic N) is 2. The summed E-state index contributed by atoms with van der Waals surface area (Å²) < 4.78 is 25.5. The zero-order valence-corrected chi connectivity index (χ0v) is 12.3. The molecule has 1 aromatic heterocycles. The van der Waals surface area contributed by atoms with Crippen LogP contribution in [0.1, 0.15) is 5.56 Å². The third kappa shape index (κ3) is 3.27. The van der Waals surface area contributed by atoms with E-state index in [1.807, 2.05) is 0 Å². The van der Waals surface area contributed by atoms with Crippen molar-refractivity contribution in [3.8, 4) is 0 Å². The normalized spacial score (nSPS) is 12.0. The van der Waals surface area contributed by atoms with E-state index in [0.717, 1.165) is 0 Å². The quantitative estimate of drug-likeness (QED) is 0.941. The van der Waals surface area contributed by atoms with Crippen LogP contribution in [0.25, 0.3) is 0 Å². The fourth-order valence-electron chi connectivity index (χ4n) is 1.60. The van der Waals surface area contributed by atoms with E-state index >= 15 is 0 Å². The summed E-state index contributed by atoms with van der Waals surface area (Å²) in [7, 11) is -2.08. The van der Waals surface area contributed by atoms with Gasteiger partial charge in [0.15, 0.2) is 0 Å². The molecule has 1 aromatic carbocycles. The van der Waals surface area contributed by atoms with Crippen LogP contribution in [-0.4, -0.2) is 30.0 Å². The molecule has 102 valence electrons. The van der Waals surface area contributed by atoms with Crippen molar-refractivity contribution < 1.29 is 8.42 Å². The SMILES string of the molecule is CN(Cc1cc(Cl)cc(Cl)c1)S(=O)(=O)c1cn[nH]c1. The van der Waals surface area contributed by atoms with Crippen LogP contribution in [0.5, 0.6) is 0 Å². The standard InChI is InChI=1S/C11H11Cl2N3O2S/c1-16(19(17,18)11-5-14-15-6-11)7-8-2-9(12)4-10(13)3-8/h2-6H,7H2,1H3,(H,14,15). The Morgan fingerprint density at radius 1 is 1.26 bits per heavy atom. The number of aromatic nitrogens is 2. The minimum absolute atomic E-state index is 0.114. The summed E-state index contributed by atoms with van der Waals surface area (Å²) in [5.41, 5.74) is 0.715. The average molecular weight is 320 g/mol. The first kappa shape index (κ1) is 14.3. The lowest BCUT2D eigenvalue weighted by Crippen LogP contribution is -2.26. The van der Waals surface area contributed by atoms with Gasteiger partial charge in [-0.1, -0.05) is 23.2 Å². The Bertz CT molecular complexity index is 651. The van der Waals surface area contributed by atoms with Gasteiger partial charge in [0, 0.05) is 29.8 Å². The molecule has 1 heterocycles. The zero-order chi connectivity index (χ0) is 14.0. The van der Waals surface area contributed by atoms with Gasteiger partial charge in [-0.05, 0) is 23.8 Å². The van der Waals surface area contributed by atoms with Crippen LogP contribution in [0, 0.1) is 0 Å². The molecule has 0 aliphatic heterocycles. The first-order valence-electron chi connectivity index (χ1n) is 5.29. The van der Waals surface area contributed by atoms with Crippen LogP contribution in [0.2, 0.25) is 10.0 Å². The number of benzene rings is 1. The molecular weight excluding hydrogens is 309 g/mol. The Labute approximate surface area is 121 Å². The number of rotatable bonds is 4. The van der Waals surface area contributed by atoms with E-state index in [1.54, 1.807) is 18.2 Å². The lowest BCUT2D eigenvalue weighted by Gasteiger charge is -2.16. The van der Waals surface area contributed by atoms with Crippen molar-refractivity contribution >= 4 is 33.2 Å². The third-order valence-electron chi connectivity index (χ3n) is 2.51. The van der Waals surface area contributed by atoms with Gasteiger partial charge in [-0.2, -0.15) is 9.40 Å². The zero-order valence-electron chi connectivity index (χ0n) is 9.97. The maximum atomic E-state index is 12.2. The van der Waals surface area contributed by atoms with Gasteiger partial charge in [-0.3, -0.25) is 5.10 Å². The van der Waals surface area contributed by atoms with Crippen molar-refractivity contribution in [2.45, 2.75) is 11.4 Å². The van der Waals surface area contributed by atoms with Crippen LogP contribution < -0.4 is 0 Å². The van der Waals surface area contributed by atoms with Crippen molar-refractivity contribution in [2.75, 3.05) is 7.05 Å². The predicted molar refractivity (Wildman–Crippen MR) is 73.7 cm³/mol. The summed E-state index contributed by atoms with van der Waals surface area (Å²) in [6.45, 7) is 0.174. The molecule has 19 heavy (non-hydrogen) atoms. The Balaban J connectivity index is 2.24. The van der Waals surface area contributed by atoms with Gasteiger partial charge in [0.05, 0.1) is 6.20 Å². The molecule has 0 saturated carbocycles. The van der Waals surface area contributed by atoms with Crippen LogP contribution in [-0.2, 0) is 16.6 Å². The Hall–Kier alpha value is -1.08. The fraction of sp³-hybridized carbons (Fsp3) is 0.182. The fourth-order valence-corrected chi connectivity index (χ4v) is 3.24. The second kappa shape index (κ2) is 5.50. The molecule has 0 aliphatic rings. The smallest absolute Gasteiger partial charge is 0.246 e. The highest BCUT2D eigenvalue weighted by atomic mass is 35.5. The van der Waals surface area contributed by atoms with E-state index in [0.29, 0.717) is 15.6 Å². The molecule has 0 aliphatic carbocycles. The van der Waals surface area contributed by atoms with Crippen LogP contribution in [0.3, 0.4) is 0 Å². The highest BCUT2D eigenvalue weighted by Gasteiger charge is 2.21. The van der Waals surface area contributed by atoms with Gasteiger partial charge in [0.2, 0.25) is 10.0 Å². The van der Waals surface area contributed by atoms with Crippen LogP contribution in [0.4, 0.5) is 0 Å². The molecule has 1 N–H and O–H groups in total. The van der Waals surface area contributed by atoms with Gasteiger partial charge < -0.3 is 0 Å². The topological polar surface area (TPSA) is 66.1 Å². The first-order valence-corrected chi connectivity index (χ1v) is 7.49. The summed E-state index contributed by atoms with van der Waals surface area (Å²) in [5, 5.41) is 7.05. The van der Waals surface area contributed by atoms with Crippen molar-refractivity contribution in [3.63, 3.8) is 0 Å². The van der Waals surface area contributed by atoms with E-state index in [2.05, 4.69) is 10.2 Å². The highest BCUT2D eigenvalue weighted by Crippen LogP contribution is 2.21. The van der Waals surface area contributed by atoms with E-state index in [1.165, 1.54) is 23.7 Å². The van der Waals surface area contributed by atoms with E-state index in [4.69, 9.17) is 23.2 Å². The molecule has 8 heteroatoms. The maximum Gasteiger partial charge on any atom is 0.246 e. The molecule has 0 atom stereocenters. The molecule has 0 amide bonds.